The van der Waals surface area contributed by atoms with Gasteiger partial charge in [0.05, 0.1) is 6.54 Å². The molecule has 188 valence electrons. The van der Waals surface area contributed by atoms with Crippen LogP contribution < -0.4 is 5.69 Å². The van der Waals surface area contributed by atoms with Gasteiger partial charge in [0.1, 0.15) is 17.4 Å². The predicted octanol–water partition coefficient (Wildman–Crippen LogP) is 2.37. The first-order valence-electron chi connectivity index (χ1n) is 11.0. The van der Waals surface area contributed by atoms with Crippen LogP contribution in [0.1, 0.15) is 43.7 Å². The lowest BCUT2D eigenvalue weighted by Crippen LogP contribution is -2.42. The molecule has 1 aliphatic heterocycles. The number of hydrogen-bond donors (Lipinski definition) is 0. The van der Waals surface area contributed by atoms with Crippen molar-refractivity contribution in [2.24, 2.45) is 0 Å². The van der Waals surface area contributed by atoms with Crippen LogP contribution >= 0.6 is 12.2 Å². The summed E-state index contributed by atoms with van der Waals surface area (Å²) in [5.74, 6) is -1.88. The molecule has 4 atom stereocenters. The van der Waals surface area contributed by atoms with Gasteiger partial charge in [0, 0.05) is 27.0 Å². The Balaban J connectivity index is 2.04. The first-order valence-corrected chi connectivity index (χ1v) is 11.4. The van der Waals surface area contributed by atoms with Gasteiger partial charge in [-0.3, -0.25) is 23.5 Å². The molecule has 1 aromatic heterocycles. The lowest BCUT2D eigenvalue weighted by Gasteiger charge is -2.24. The number of carbonyl (C=O) groups is 3. The van der Waals surface area contributed by atoms with E-state index in [9.17, 15) is 19.2 Å². The quantitative estimate of drug-likeness (QED) is 0.318. The number of aryl methyl sites for hydroxylation is 2. The van der Waals surface area contributed by atoms with E-state index in [1.807, 2.05) is 32.0 Å². The smallest absolute Gasteiger partial charge is 0.331 e. The third kappa shape index (κ3) is 6.43. The number of hydrogen-bond acceptors (Lipinski definition) is 9. The average Bonchev–Trinajstić information content (AvgIpc) is 3.04. The zero-order valence-electron chi connectivity index (χ0n) is 20.2. The average molecular weight is 505 g/mol. The van der Waals surface area contributed by atoms with Crippen LogP contribution in [-0.4, -0.2) is 52.0 Å². The Bertz CT molecular complexity index is 1230. The molecule has 35 heavy (non-hydrogen) atoms. The fourth-order valence-electron chi connectivity index (χ4n) is 4.13. The second-order valence-electron chi connectivity index (χ2n) is 8.44. The van der Waals surface area contributed by atoms with E-state index in [1.54, 1.807) is 6.07 Å². The van der Waals surface area contributed by atoms with E-state index < -0.39 is 48.1 Å². The summed E-state index contributed by atoms with van der Waals surface area (Å²) in [4.78, 5) is 48.5. The molecule has 1 aromatic carbocycles. The maximum atomic E-state index is 13.5. The van der Waals surface area contributed by atoms with Crippen LogP contribution in [0, 0.1) is 18.5 Å². The van der Waals surface area contributed by atoms with E-state index in [1.165, 1.54) is 36.1 Å². The molecule has 0 unspecified atom stereocenters. The molecule has 0 saturated carbocycles. The summed E-state index contributed by atoms with van der Waals surface area (Å²) >= 11 is 5.41. The van der Waals surface area contributed by atoms with E-state index >= 15 is 0 Å². The van der Waals surface area contributed by atoms with Crippen LogP contribution in [0.3, 0.4) is 0 Å². The fraction of sp³-hybridized carbons (Fsp3) is 0.458. The molecule has 1 saturated heterocycles. The SMILES string of the molecule is CC(=O)OC[C@H]1O[C@@H](n2ccc(=S)n(Cc3cc(C)cc(C)c3)c2=O)[C@H](OC(C)=O)[C@@H]1OC(C)=O. The van der Waals surface area contributed by atoms with Crippen LogP contribution in [0.25, 0.3) is 0 Å². The topological polar surface area (TPSA) is 115 Å². The standard InChI is InChI=1S/C24H28N2O8S/c1-13-8-14(2)10-18(9-13)11-26-20(35)6-7-25(24(26)30)23-22(33-17(5)29)21(32-16(4)28)19(34-23)12-31-15(3)27/h6-10,19,21-23H,11-12H2,1-5H3/t19-,21-,22-,23-/m1/s1. The van der Waals surface area contributed by atoms with Crippen molar-refractivity contribution in [3.8, 4) is 0 Å². The summed E-state index contributed by atoms with van der Waals surface area (Å²) in [7, 11) is 0. The second-order valence-corrected chi connectivity index (χ2v) is 8.86. The summed E-state index contributed by atoms with van der Waals surface area (Å²) in [6, 6.07) is 7.52. The van der Waals surface area contributed by atoms with Gasteiger partial charge in [-0.05, 0) is 25.5 Å². The Labute approximate surface area is 207 Å². The van der Waals surface area contributed by atoms with Crippen LogP contribution in [0.15, 0.2) is 35.3 Å². The van der Waals surface area contributed by atoms with Crippen molar-refractivity contribution in [3.63, 3.8) is 0 Å². The third-order valence-corrected chi connectivity index (χ3v) is 5.69. The zero-order valence-corrected chi connectivity index (χ0v) is 21.0. The van der Waals surface area contributed by atoms with Gasteiger partial charge < -0.3 is 18.9 Å². The molecule has 10 nitrogen and oxygen atoms in total. The fourth-order valence-corrected chi connectivity index (χ4v) is 4.33. The highest BCUT2D eigenvalue weighted by molar-refractivity contribution is 7.71. The van der Waals surface area contributed by atoms with Gasteiger partial charge in [-0.1, -0.05) is 41.5 Å². The number of ether oxygens (including phenoxy) is 4. The van der Waals surface area contributed by atoms with Crippen LogP contribution in [-0.2, 0) is 39.9 Å². The second kappa shape index (κ2) is 11.0. The molecule has 0 N–H and O–H groups in total. The van der Waals surface area contributed by atoms with Crippen molar-refractivity contribution < 1.29 is 33.3 Å². The molecule has 0 amide bonds. The number of nitrogens with zero attached hydrogens (tertiary/aromatic N) is 2. The van der Waals surface area contributed by atoms with E-state index in [0.717, 1.165) is 16.7 Å². The van der Waals surface area contributed by atoms with Gasteiger partial charge >= 0.3 is 23.6 Å². The van der Waals surface area contributed by atoms with Crippen molar-refractivity contribution in [2.75, 3.05) is 6.61 Å². The number of aromatic nitrogens is 2. The molecule has 0 bridgehead atoms. The maximum Gasteiger partial charge on any atom is 0.331 e. The van der Waals surface area contributed by atoms with E-state index in [4.69, 9.17) is 31.2 Å². The van der Waals surface area contributed by atoms with Gasteiger partial charge in [0.2, 0.25) is 0 Å². The summed E-state index contributed by atoms with van der Waals surface area (Å²) in [5, 5.41) is 0. The Kier molecular flexibility index (Phi) is 8.23. The van der Waals surface area contributed by atoms with Crippen molar-refractivity contribution in [1.29, 1.82) is 0 Å². The molecule has 3 rings (SSSR count). The summed E-state index contributed by atoms with van der Waals surface area (Å²) in [5.41, 5.74) is 2.49. The molecule has 1 aliphatic rings. The van der Waals surface area contributed by atoms with Crippen molar-refractivity contribution in [2.45, 2.75) is 65.7 Å². The minimum absolute atomic E-state index is 0.218. The molecular formula is C24H28N2O8S. The Morgan fingerprint density at radius 1 is 0.971 bits per heavy atom. The predicted molar refractivity (Wildman–Crippen MR) is 126 cm³/mol. The molecule has 1 fully saturated rings. The Morgan fingerprint density at radius 3 is 2.14 bits per heavy atom. The van der Waals surface area contributed by atoms with Crippen molar-refractivity contribution in [1.82, 2.24) is 9.13 Å². The summed E-state index contributed by atoms with van der Waals surface area (Å²) in [6.45, 7) is 7.49. The van der Waals surface area contributed by atoms with E-state index in [-0.39, 0.29) is 13.2 Å². The Morgan fingerprint density at radius 2 is 1.57 bits per heavy atom. The summed E-state index contributed by atoms with van der Waals surface area (Å²) < 4.78 is 24.7. The number of rotatable bonds is 7. The largest absolute Gasteiger partial charge is 0.463 e. The monoisotopic (exact) mass is 504 g/mol. The van der Waals surface area contributed by atoms with Crippen LogP contribution in [0.5, 0.6) is 0 Å². The van der Waals surface area contributed by atoms with E-state index in [0.29, 0.717) is 4.64 Å². The minimum Gasteiger partial charge on any atom is -0.463 e. The van der Waals surface area contributed by atoms with Gasteiger partial charge in [-0.2, -0.15) is 0 Å². The number of carbonyl (C=O) groups excluding carboxylic acids is 3. The zero-order chi connectivity index (χ0) is 25.9. The molecule has 0 aliphatic carbocycles. The number of esters is 3. The third-order valence-electron chi connectivity index (χ3n) is 5.33. The first-order chi connectivity index (χ1) is 16.5. The van der Waals surface area contributed by atoms with Gasteiger partial charge in [0.25, 0.3) is 0 Å². The summed E-state index contributed by atoms with van der Waals surface area (Å²) in [6.07, 6.45) is -2.97. The molecule has 11 heteroatoms. The van der Waals surface area contributed by atoms with Gasteiger partial charge in [0.15, 0.2) is 18.4 Å². The molecule has 0 radical (unpaired) electrons. The number of benzene rings is 1. The van der Waals surface area contributed by atoms with Crippen LogP contribution in [0.2, 0.25) is 0 Å². The van der Waals surface area contributed by atoms with Gasteiger partial charge in [-0.15, -0.1) is 0 Å². The highest BCUT2D eigenvalue weighted by Crippen LogP contribution is 2.33. The maximum absolute atomic E-state index is 13.5. The molecular weight excluding hydrogens is 476 g/mol. The highest BCUT2D eigenvalue weighted by atomic mass is 32.1. The molecule has 0 spiro atoms. The van der Waals surface area contributed by atoms with Gasteiger partial charge in [-0.25, -0.2) is 4.79 Å². The first kappa shape index (κ1) is 26.3. The molecule has 2 heterocycles. The van der Waals surface area contributed by atoms with E-state index in [2.05, 4.69) is 0 Å². The normalized spacial score (nSPS) is 21.4. The minimum atomic E-state index is -1.17. The highest BCUT2D eigenvalue weighted by Gasteiger charge is 2.51. The van der Waals surface area contributed by atoms with Crippen molar-refractivity contribution >= 4 is 30.1 Å². The Hall–Kier alpha value is -3.31. The lowest BCUT2D eigenvalue weighted by atomic mass is 10.1. The lowest BCUT2D eigenvalue weighted by molar-refractivity contribution is -0.166. The van der Waals surface area contributed by atoms with Crippen LogP contribution in [0.4, 0.5) is 0 Å². The van der Waals surface area contributed by atoms with Crippen molar-refractivity contribution in [3.05, 3.63) is 62.3 Å². The molecule has 2 aromatic rings.